The van der Waals surface area contributed by atoms with Gasteiger partial charge in [0.1, 0.15) is 5.69 Å². The molecule has 3 rings (SSSR count). The second-order valence-electron chi connectivity index (χ2n) is 5.69. The first-order valence-electron chi connectivity index (χ1n) is 7.69. The zero-order valence-corrected chi connectivity index (χ0v) is 16.6. The van der Waals surface area contributed by atoms with E-state index in [1.165, 1.54) is 17.5 Å². The van der Waals surface area contributed by atoms with Crippen molar-refractivity contribution in [3.63, 3.8) is 0 Å². The largest absolute Gasteiger partial charge is 0.418 e. The summed E-state index contributed by atoms with van der Waals surface area (Å²) in [6, 6.07) is 5.22. The van der Waals surface area contributed by atoms with Crippen molar-refractivity contribution in [1.29, 1.82) is 0 Å². The van der Waals surface area contributed by atoms with Crippen LogP contribution in [-0.4, -0.2) is 14.8 Å². The van der Waals surface area contributed by atoms with Crippen LogP contribution in [0.2, 0.25) is 10.0 Å². The Hall–Kier alpha value is -2.96. The molecule has 0 amide bonds. The Morgan fingerprint density at radius 1 is 1.07 bits per heavy atom. The highest BCUT2D eigenvalue weighted by Crippen LogP contribution is 2.44. The smallest absolute Gasteiger partial charge is 0.325 e. The number of nitro benzene ring substituents is 2. The summed E-state index contributed by atoms with van der Waals surface area (Å²) in [4.78, 5) is 24.0. The first-order valence-corrected chi connectivity index (χ1v) is 9.33. The summed E-state index contributed by atoms with van der Waals surface area (Å²) in [6.07, 6.45) is -5.10. The van der Waals surface area contributed by atoms with Crippen LogP contribution in [0.5, 0.6) is 0 Å². The third kappa shape index (κ3) is 4.45. The van der Waals surface area contributed by atoms with Crippen molar-refractivity contribution in [3.8, 4) is 11.3 Å². The van der Waals surface area contributed by atoms with Gasteiger partial charge in [-0.15, -0.1) is 11.3 Å². The summed E-state index contributed by atoms with van der Waals surface area (Å²) < 4.78 is 40.4. The number of nitrogens with zero attached hydrogens (tertiary/aromatic N) is 3. The molecule has 0 unspecified atom stereocenters. The van der Waals surface area contributed by atoms with E-state index in [9.17, 15) is 33.4 Å². The SMILES string of the molecule is O=[N+]([O-])c1cc([N+](=O)[O-])c(Nc2nc(-c3ccc(Cl)cc3Cl)cs2)c(C(F)(F)F)c1. The van der Waals surface area contributed by atoms with E-state index < -0.39 is 38.6 Å². The predicted octanol–water partition coefficient (Wildman–Crippen LogP) is 6.70. The number of thiazole rings is 1. The van der Waals surface area contributed by atoms with E-state index in [1.807, 2.05) is 0 Å². The highest BCUT2D eigenvalue weighted by Gasteiger charge is 2.40. The molecule has 0 saturated heterocycles. The molecule has 0 aliphatic heterocycles. The molecule has 0 saturated carbocycles. The molecular weight excluding hydrogens is 472 g/mol. The van der Waals surface area contributed by atoms with Gasteiger partial charge in [-0.05, 0) is 18.2 Å². The van der Waals surface area contributed by atoms with Crippen molar-refractivity contribution in [2.45, 2.75) is 6.18 Å². The van der Waals surface area contributed by atoms with Crippen LogP contribution in [-0.2, 0) is 6.18 Å². The fourth-order valence-corrected chi connectivity index (χ4v) is 3.70. The molecule has 3 aromatic rings. The molecule has 1 heterocycles. The molecule has 0 radical (unpaired) electrons. The van der Waals surface area contributed by atoms with E-state index in [4.69, 9.17) is 23.2 Å². The maximum Gasteiger partial charge on any atom is 0.418 e. The minimum absolute atomic E-state index is 0.113. The molecule has 0 aliphatic rings. The molecule has 0 fully saturated rings. The third-order valence-electron chi connectivity index (χ3n) is 3.76. The van der Waals surface area contributed by atoms with Gasteiger partial charge in [0, 0.05) is 22.0 Å². The Balaban J connectivity index is 2.09. The van der Waals surface area contributed by atoms with Crippen molar-refractivity contribution in [3.05, 3.63) is 71.5 Å². The number of nitro groups is 2. The van der Waals surface area contributed by atoms with E-state index in [0.29, 0.717) is 22.3 Å². The summed E-state index contributed by atoms with van der Waals surface area (Å²) in [7, 11) is 0. The van der Waals surface area contributed by atoms with Crippen LogP contribution in [0, 0.1) is 20.2 Å². The van der Waals surface area contributed by atoms with Crippen LogP contribution < -0.4 is 5.32 Å². The number of alkyl halides is 3. The first kappa shape index (κ1) is 21.7. The number of anilines is 2. The fourth-order valence-electron chi connectivity index (χ4n) is 2.48. The maximum absolute atomic E-state index is 13.5. The zero-order chi connectivity index (χ0) is 22.2. The molecule has 8 nitrogen and oxygen atoms in total. The van der Waals surface area contributed by atoms with Crippen molar-refractivity contribution >= 4 is 56.7 Å². The molecule has 156 valence electrons. The van der Waals surface area contributed by atoms with Crippen LogP contribution in [0.15, 0.2) is 35.7 Å². The predicted molar refractivity (Wildman–Crippen MR) is 106 cm³/mol. The normalized spacial score (nSPS) is 11.4. The molecule has 1 N–H and O–H groups in total. The van der Waals surface area contributed by atoms with Crippen LogP contribution in [0.3, 0.4) is 0 Å². The van der Waals surface area contributed by atoms with E-state index in [1.54, 1.807) is 6.07 Å². The maximum atomic E-state index is 13.5. The Kier molecular flexibility index (Phi) is 5.83. The number of nitrogens with one attached hydrogen (secondary N) is 1. The van der Waals surface area contributed by atoms with E-state index in [0.717, 1.165) is 11.3 Å². The van der Waals surface area contributed by atoms with Gasteiger partial charge in [0.2, 0.25) is 0 Å². The minimum atomic E-state index is -5.10. The molecular formula is C16H7Cl2F3N4O4S. The molecule has 0 bridgehead atoms. The van der Waals surface area contributed by atoms with Gasteiger partial charge >= 0.3 is 6.18 Å². The summed E-state index contributed by atoms with van der Waals surface area (Å²) in [5, 5.41) is 26.4. The number of non-ortho nitro benzene ring substituents is 1. The monoisotopic (exact) mass is 478 g/mol. The highest BCUT2D eigenvalue weighted by atomic mass is 35.5. The van der Waals surface area contributed by atoms with Crippen LogP contribution in [0.1, 0.15) is 5.56 Å². The van der Waals surface area contributed by atoms with E-state index in [-0.39, 0.29) is 16.2 Å². The number of hydrogen-bond acceptors (Lipinski definition) is 7. The Labute approximate surface area is 179 Å². The van der Waals surface area contributed by atoms with Gasteiger partial charge < -0.3 is 5.32 Å². The number of aromatic nitrogens is 1. The lowest BCUT2D eigenvalue weighted by atomic mass is 10.1. The lowest BCUT2D eigenvalue weighted by Gasteiger charge is -2.13. The zero-order valence-electron chi connectivity index (χ0n) is 14.2. The first-order chi connectivity index (χ1) is 14.0. The molecule has 0 atom stereocenters. The van der Waals surface area contributed by atoms with E-state index >= 15 is 0 Å². The molecule has 14 heteroatoms. The minimum Gasteiger partial charge on any atom is -0.325 e. The molecule has 30 heavy (non-hydrogen) atoms. The van der Waals surface area contributed by atoms with Crippen molar-refractivity contribution in [2.24, 2.45) is 0 Å². The summed E-state index contributed by atoms with van der Waals surface area (Å²) >= 11 is 12.8. The summed E-state index contributed by atoms with van der Waals surface area (Å²) in [5.41, 5.74) is -3.96. The lowest BCUT2D eigenvalue weighted by Crippen LogP contribution is -2.11. The number of hydrogen-bond donors (Lipinski definition) is 1. The molecule has 2 aromatic carbocycles. The lowest BCUT2D eigenvalue weighted by molar-refractivity contribution is -0.394. The molecule has 1 aromatic heterocycles. The van der Waals surface area contributed by atoms with Gasteiger partial charge in [0.25, 0.3) is 11.4 Å². The van der Waals surface area contributed by atoms with Crippen LogP contribution in [0.4, 0.5) is 35.4 Å². The quantitative estimate of drug-likeness (QED) is 0.322. The number of benzene rings is 2. The Bertz CT molecular complexity index is 1170. The second kappa shape index (κ2) is 8.05. The molecule has 0 aliphatic carbocycles. The second-order valence-corrected chi connectivity index (χ2v) is 7.39. The standard InChI is InChI=1S/C16H7Cl2F3N4O4S/c17-7-1-2-9(11(18)3-7)12-6-30-15(22-12)23-14-10(16(19,20)21)4-8(24(26)27)5-13(14)25(28)29/h1-6H,(H,22,23). The number of rotatable bonds is 5. The van der Waals surface area contributed by atoms with Crippen LogP contribution >= 0.6 is 34.5 Å². The Morgan fingerprint density at radius 3 is 2.33 bits per heavy atom. The third-order valence-corrected chi connectivity index (χ3v) is 5.06. The average molecular weight is 479 g/mol. The van der Waals surface area contributed by atoms with E-state index in [2.05, 4.69) is 10.3 Å². The summed E-state index contributed by atoms with van der Waals surface area (Å²) in [6.45, 7) is 0. The van der Waals surface area contributed by atoms with Gasteiger partial charge in [0.05, 0.1) is 32.2 Å². The van der Waals surface area contributed by atoms with Crippen molar-refractivity contribution in [1.82, 2.24) is 4.98 Å². The van der Waals surface area contributed by atoms with Gasteiger partial charge in [-0.2, -0.15) is 13.2 Å². The number of halogens is 5. The Morgan fingerprint density at radius 2 is 1.77 bits per heavy atom. The van der Waals surface area contributed by atoms with Crippen molar-refractivity contribution in [2.75, 3.05) is 5.32 Å². The van der Waals surface area contributed by atoms with Crippen LogP contribution in [0.25, 0.3) is 11.3 Å². The van der Waals surface area contributed by atoms with Gasteiger partial charge in [-0.25, -0.2) is 4.98 Å². The van der Waals surface area contributed by atoms with Gasteiger partial charge in [-0.1, -0.05) is 23.2 Å². The molecule has 0 spiro atoms. The highest BCUT2D eigenvalue weighted by molar-refractivity contribution is 7.14. The fraction of sp³-hybridized carbons (Fsp3) is 0.0625. The van der Waals surface area contributed by atoms with Gasteiger partial charge in [-0.3, -0.25) is 20.2 Å². The average Bonchev–Trinajstić information content (AvgIpc) is 3.08. The van der Waals surface area contributed by atoms with Crippen molar-refractivity contribution < 1.29 is 23.0 Å². The topological polar surface area (TPSA) is 111 Å². The van der Waals surface area contributed by atoms with Gasteiger partial charge in [0.15, 0.2) is 5.13 Å². The summed E-state index contributed by atoms with van der Waals surface area (Å²) in [5.74, 6) is 0.